The molecule has 1 aromatic carbocycles. The molecule has 0 amide bonds. The summed E-state index contributed by atoms with van der Waals surface area (Å²) in [6, 6.07) is 10.2. The molecule has 1 aliphatic heterocycles. The SMILES string of the molecule is Clc1ccc2c(c1Cl)N[C@H](c1ccccn1)[C@@H]1CC=C[C@H]21. The number of hydrogen-bond acceptors (Lipinski definition) is 2. The zero-order valence-electron chi connectivity index (χ0n) is 11.3. The van der Waals surface area contributed by atoms with E-state index in [-0.39, 0.29) is 6.04 Å². The molecule has 0 radical (unpaired) electrons. The molecule has 21 heavy (non-hydrogen) atoms. The number of pyridine rings is 1. The topological polar surface area (TPSA) is 24.9 Å². The summed E-state index contributed by atoms with van der Waals surface area (Å²) < 4.78 is 0. The number of hydrogen-bond donors (Lipinski definition) is 1. The van der Waals surface area contributed by atoms with Crippen LogP contribution in [0.3, 0.4) is 0 Å². The lowest BCUT2D eigenvalue weighted by atomic mass is 9.78. The van der Waals surface area contributed by atoms with Gasteiger partial charge in [-0.2, -0.15) is 0 Å². The van der Waals surface area contributed by atoms with E-state index in [1.807, 2.05) is 24.4 Å². The van der Waals surface area contributed by atoms with Crippen LogP contribution >= 0.6 is 23.2 Å². The van der Waals surface area contributed by atoms with Gasteiger partial charge in [0, 0.05) is 12.1 Å². The van der Waals surface area contributed by atoms with E-state index in [1.54, 1.807) is 0 Å². The maximum absolute atomic E-state index is 6.42. The number of nitrogens with zero attached hydrogens (tertiary/aromatic N) is 1. The Hall–Kier alpha value is -1.51. The van der Waals surface area contributed by atoms with Gasteiger partial charge in [0.05, 0.1) is 27.5 Å². The zero-order chi connectivity index (χ0) is 14.4. The monoisotopic (exact) mass is 316 g/mol. The predicted molar refractivity (Wildman–Crippen MR) is 87.1 cm³/mol. The van der Waals surface area contributed by atoms with Gasteiger partial charge >= 0.3 is 0 Å². The molecule has 4 heteroatoms. The summed E-state index contributed by atoms with van der Waals surface area (Å²) in [5.74, 6) is 0.854. The van der Waals surface area contributed by atoms with Crippen LogP contribution in [0.1, 0.15) is 29.6 Å². The molecule has 106 valence electrons. The van der Waals surface area contributed by atoms with E-state index >= 15 is 0 Å². The van der Waals surface area contributed by atoms with E-state index in [1.165, 1.54) is 5.56 Å². The summed E-state index contributed by atoms with van der Waals surface area (Å²) in [5.41, 5.74) is 3.24. The van der Waals surface area contributed by atoms with Gasteiger partial charge < -0.3 is 5.32 Å². The third kappa shape index (κ3) is 2.05. The molecule has 1 aliphatic carbocycles. The number of aromatic nitrogens is 1. The van der Waals surface area contributed by atoms with Crippen molar-refractivity contribution in [3.63, 3.8) is 0 Å². The Labute approximate surface area is 133 Å². The first kappa shape index (κ1) is 13.2. The number of nitrogens with one attached hydrogen (secondary N) is 1. The Morgan fingerprint density at radius 1 is 1.14 bits per heavy atom. The number of anilines is 1. The highest BCUT2D eigenvalue weighted by atomic mass is 35.5. The average Bonchev–Trinajstić information content (AvgIpc) is 3.00. The van der Waals surface area contributed by atoms with Crippen molar-refractivity contribution in [2.45, 2.75) is 18.4 Å². The molecule has 0 saturated heterocycles. The minimum atomic E-state index is 0.162. The summed E-state index contributed by atoms with van der Waals surface area (Å²) in [5, 5.41) is 4.77. The molecule has 0 unspecified atom stereocenters. The van der Waals surface area contributed by atoms with E-state index in [0.717, 1.165) is 17.8 Å². The third-order valence-corrected chi connectivity index (χ3v) is 5.24. The molecule has 3 atom stereocenters. The maximum atomic E-state index is 6.42. The zero-order valence-corrected chi connectivity index (χ0v) is 12.8. The molecule has 0 saturated carbocycles. The smallest absolute Gasteiger partial charge is 0.0826 e. The Balaban J connectivity index is 1.85. The van der Waals surface area contributed by atoms with E-state index in [2.05, 4.69) is 34.6 Å². The van der Waals surface area contributed by atoms with Crippen molar-refractivity contribution in [1.29, 1.82) is 0 Å². The van der Waals surface area contributed by atoms with E-state index in [0.29, 0.717) is 21.9 Å². The van der Waals surface area contributed by atoms with Crippen molar-refractivity contribution in [2.75, 3.05) is 5.32 Å². The lowest BCUT2D eigenvalue weighted by Crippen LogP contribution is -2.29. The highest BCUT2D eigenvalue weighted by molar-refractivity contribution is 6.43. The van der Waals surface area contributed by atoms with Crippen molar-refractivity contribution in [3.05, 3.63) is 70.0 Å². The summed E-state index contributed by atoms with van der Waals surface area (Å²) in [4.78, 5) is 4.52. The molecule has 0 bridgehead atoms. The van der Waals surface area contributed by atoms with Crippen LogP contribution in [0.5, 0.6) is 0 Å². The first-order valence-corrected chi connectivity index (χ1v) is 7.83. The fraction of sp³-hybridized carbons (Fsp3) is 0.235. The van der Waals surface area contributed by atoms with Crippen molar-refractivity contribution in [1.82, 2.24) is 4.98 Å². The molecule has 1 aromatic heterocycles. The molecule has 0 spiro atoms. The van der Waals surface area contributed by atoms with E-state index in [4.69, 9.17) is 23.2 Å². The van der Waals surface area contributed by atoms with Crippen LogP contribution in [0.25, 0.3) is 0 Å². The van der Waals surface area contributed by atoms with E-state index in [9.17, 15) is 0 Å². The van der Waals surface area contributed by atoms with Gasteiger partial charge in [-0.15, -0.1) is 0 Å². The standard InChI is InChI=1S/C17H14Cl2N2/c18-13-8-7-12-10-4-3-5-11(10)16(21-17(12)15(13)19)14-6-1-2-9-20-14/h1-4,6-11,16,21H,5H2/t10-,11+,16-/m0/s1. The molecular formula is C17H14Cl2N2. The summed E-state index contributed by atoms with van der Waals surface area (Å²) in [6.07, 6.45) is 7.43. The largest absolute Gasteiger partial charge is 0.375 e. The second kappa shape index (κ2) is 5.04. The van der Waals surface area contributed by atoms with Crippen LogP contribution < -0.4 is 5.32 Å². The van der Waals surface area contributed by atoms with Crippen LogP contribution in [0, 0.1) is 5.92 Å². The fourth-order valence-electron chi connectivity index (χ4n) is 3.46. The Morgan fingerprint density at radius 2 is 2.05 bits per heavy atom. The number of allylic oxidation sites excluding steroid dienone is 2. The number of rotatable bonds is 1. The first-order valence-electron chi connectivity index (χ1n) is 7.07. The number of fused-ring (bicyclic) bond motifs is 3. The van der Waals surface area contributed by atoms with Crippen molar-refractivity contribution in [3.8, 4) is 0 Å². The van der Waals surface area contributed by atoms with E-state index < -0.39 is 0 Å². The molecule has 4 rings (SSSR count). The second-order valence-corrected chi connectivity index (χ2v) is 6.34. The normalized spacial score (nSPS) is 26.1. The maximum Gasteiger partial charge on any atom is 0.0826 e. The van der Waals surface area contributed by atoms with Crippen molar-refractivity contribution < 1.29 is 0 Å². The lowest BCUT2D eigenvalue weighted by Gasteiger charge is -2.37. The third-order valence-electron chi connectivity index (χ3n) is 4.43. The van der Waals surface area contributed by atoms with Gasteiger partial charge in [0.25, 0.3) is 0 Å². The van der Waals surface area contributed by atoms with Crippen LogP contribution in [0.2, 0.25) is 10.0 Å². The summed E-state index contributed by atoms with van der Waals surface area (Å²) in [7, 11) is 0. The second-order valence-electron chi connectivity index (χ2n) is 5.56. The summed E-state index contributed by atoms with van der Waals surface area (Å²) in [6.45, 7) is 0. The van der Waals surface area contributed by atoms with Crippen LogP contribution in [-0.4, -0.2) is 4.98 Å². The highest BCUT2D eigenvalue weighted by Crippen LogP contribution is 2.52. The first-order chi connectivity index (χ1) is 10.3. The Morgan fingerprint density at radius 3 is 2.86 bits per heavy atom. The van der Waals surface area contributed by atoms with Gasteiger partial charge in [-0.3, -0.25) is 4.98 Å². The fourth-order valence-corrected chi connectivity index (χ4v) is 3.84. The average molecular weight is 317 g/mol. The summed E-state index contributed by atoms with van der Waals surface area (Å²) >= 11 is 12.6. The van der Waals surface area contributed by atoms with Gasteiger partial charge in [0.1, 0.15) is 0 Å². The van der Waals surface area contributed by atoms with Crippen molar-refractivity contribution >= 4 is 28.9 Å². The van der Waals surface area contributed by atoms with Gasteiger partial charge in [-0.05, 0) is 36.1 Å². The molecule has 1 N–H and O–H groups in total. The van der Waals surface area contributed by atoms with Crippen LogP contribution in [0.15, 0.2) is 48.7 Å². The minimum absolute atomic E-state index is 0.162. The molecule has 2 aliphatic rings. The van der Waals surface area contributed by atoms with Crippen LogP contribution in [0.4, 0.5) is 5.69 Å². The van der Waals surface area contributed by atoms with Gasteiger partial charge in [0.15, 0.2) is 0 Å². The van der Waals surface area contributed by atoms with Gasteiger partial charge in [0.2, 0.25) is 0 Å². The quantitative estimate of drug-likeness (QED) is 0.730. The Kier molecular flexibility index (Phi) is 3.16. The predicted octanol–water partition coefficient (Wildman–Crippen LogP) is 5.21. The Bertz CT molecular complexity index is 712. The van der Waals surface area contributed by atoms with Gasteiger partial charge in [-0.1, -0.05) is 47.5 Å². The molecule has 0 fully saturated rings. The molecule has 2 aromatic rings. The highest BCUT2D eigenvalue weighted by Gasteiger charge is 2.39. The minimum Gasteiger partial charge on any atom is -0.375 e. The van der Waals surface area contributed by atoms with Gasteiger partial charge in [-0.25, -0.2) is 0 Å². The van der Waals surface area contributed by atoms with Crippen molar-refractivity contribution in [2.24, 2.45) is 5.92 Å². The molecule has 2 nitrogen and oxygen atoms in total. The number of halogens is 2. The lowest BCUT2D eigenvalue weighted by molar-refractivity contribution is 0.419. The van der Waals surface area contributed by atoms with Crippen LogP contribution in [-0.2, 0) is 0 Å². The molecule has 2 heterocycles. The molecular weight excluding hydrogens is 303 g/mol. The number of benzene rings is 1.